The van der Waals surface area contributed by atoms with E-state index in [0.717, 1.165) is 38.0 Å². The Bertz CT molecular complexity index is 735. The summed E-state index contributed by atoms with van der Waals surface area (Å²) >= 11 is 0. The first-order valence-corrected chi connectivity index (χ1v) is 9.29. The van der Waals surface area contributed by atoms with Gasteiger partial charge in [-0.25, -0.2) is 9.18 Å². The first-order valence-electron chi connectivity index (χ1n) is 9.29. The molecule has 3 heterocycles. The highest BCUT2D eigenvalue weighted by molar-refractivity contribution is 5.89. The van der Waals surface area contributed by atoms with Crippen molar-refractivity contribution >= 4 is 11.7 Å². The molecule has 5 nitrogen and oxygen atoms in total. The third kappa shape index (κ3) is 3.75. The monoisotopic (exact) mass is 357 g/mol. The average molecular weight is 357 g/mol. The van der Waals surface area contributed by atoms with Crippen LogP contribution in [0.25, 0.3) is 0 Å². The number of rotatable bonds is 4. The molecular formula is C20H24FN3O2. The normalized spacial score (nSPS) is 25.7. The lowest BCUT2D eigenvalue weighted by Gasteiger charge is -2.48. The van der Waals surface area contributed by atoms with Gasteiger partial charge in [0.25, 0.3) is 0 Å². The van der Waals surface area contributed by atoms with Gasteiger partial charge in [-0.3, -0.25) is 4.90 Å². The number of nitrogens with one attached hydrogen (secondary N) is 2. The number of carbonyl (C=O) groups excluding carboxylic acids is 1. The Morgan fingerprint density at radius 1 is 1.15 bits per heavy atom. The third-order valence-electron chi connectivity index (χ3n) is 5.50. The fraction of sp³-hybridized carbons (Fsp3) is 0.450. The summed E-state index contributed by atoms with van der Waals surface area (Å²) in [6.07, 6.45) is 7.07. The van der Waals surface area contributed by atoms with E-state index in [1.165, 1.54) is 12.5 Å². The number of benzene rings is 1. The third-order valence-corrected chi connectivity index (χ3v) is 5.50. The lowest BCUT2D eigenvalue weighted by atomic mass is 9.81. The zero-order valence-corrected chi connectivity index (χ0v) is 14.7. The van der Waals surface area contributed by atoms with Crippen LogP contribution in [-0.4, -0.2) is 29.1 Å². The number of nitrogens with zero attached hydrogens (tertiary/aromatic N) is 1. The number of carbonyl (C=O) groups is 1. The van der Waals surface area contributed by atoms with Crippen LogP contribution in [0.1, 0.15) is 37.9 Å². The molecule has 0 aliphatic carbocycles. The molecule has 2 saturated heterocycles. The molecule has 2 aliphatic heterocycles. The quantitative estimate of drug-likeness (QED) is 0.865. The summed E-state index contributed by atoms with van der Waals surface area (Å²) in [6, 6.07) is 10.8. The maximum Gasteiger partial charge on any atom is 0.319 e. The van der Waals surface area contributed by atoms with E-state index >= 15 is 0 Å². The van der Waals surface area contributed by atoms with Crippen LogP contribution in [0.2, 0.25) is 0 Å². The van der Waals surface area contributed by atoms with Gasteiger partial charge in [-0.2, -0.15) is 0 Å². The molecule has 2 aromatic rings. The van der Waals surface area contributed by atoms with Crippen LogP contribution in [0.4, 0.5) is 14.9 Å². The number of hydrogen-bond donors (Lipinski definition) is 2. The second-order valence-electron chi connectivity index (χ2n) is 7.24. The highest BCUT2D eigenvalue weighted by Crippen LogP contribution is 2.35. The molecule has 2 fully saturated rings. The van der Waals surface area contributed by atoms with Crippen molar-refractivity contribution in [3.05, 3.63) is 54.2 Å². The fourth-order valence-electron chi connectivity index (χ4n) is 4.34. The van der Waals surface area contributed by atoms with E-state index in [1.54, 1.807) is 24.5 Å². The van der Waals surface area contributed by atoms with E-state index in [4.69, 9.17) is 4.42 Å². The summed E-state index contributed by atoms with van der Waals surface area (Å²) in [5.74, 6) is 0.568. The Labute approximate surface area is 152 Å². The van der Waals surface area contributed by atoms with Crippen molar-refractivity contribution in [1.29, 1.82) is 0 Å². The zero-order valence-electron chi connectivity index (χ0n) is 14.7. The van der Waals surface area contributed by atoms with Gasteiger partial charge in [0.05, 0.1) is 18.5 Å². The van der Waals surface area contributed by atoms with Crippen LogP contribution in [0, 0.1) is 5.82 Å². The smallest absolute Gasteiger partial charge is 0.319 e. The van der Waals surface area contributed by atoms with Gasteiger partial charge in [-0.05, 0) is 49.9 Å². The molecule has 0 spiro atoms. The first kappa shape index (κ1) is 17.1. The summed E-state index contributed by atoms with van der Waals surface area (Å²) < 4.78 is 19.2. The van der Waals surface area contributed by atoms with E-state index in [1.807, 2.05) is 12.1 Å². The largest absolute Gasteiger partial charge is 0.468 e. The first-order chi connectivity index (χ1) is 12.7. The van der Waals surface area contributed by atoms with Gasteiger partial charge in [0.1, 0.15) is 11.6 Å². The summed E-state index contributed by atoms with van der Waals surface area (Å²) in [6.45, 7) is 0.830. The van der Waals surface area contributed by atoms with Gasteiger partial charge in [-0.1, -0.05) is 18.6 Å². The van der Waals surface area contributed by atoms with Crippen molar-refractivity contribution in [1.82, 2.24) is 10.2 Å². The Kier molecular flexibility index (Phi) is 4.93. The number of halogens is 1. The minimum atomic E-state index is -0.423. The van der Waals surface area contributed by atoms with Crippen LogP contribution in [0.5, 0.6) is 0 Å². The van der Waals surface area contributed by atoms with Gasteiger partial charge in [-0.15, -0.1) is 0 Å². The molecule has 2 amide bonds. The van der Waals surface area contributed by atoms with Gasteiger partial charge in [0.2, 0.25) is 0 Å². The highest BCUT2D eigenvalue weighted by Gasteiger charge is 2.38. The molecule has 1 aromatic heterocycles. The molecule has 3 atom stereocenters. The van der Waals surface area contributed by atoms with Gasteiger partial charge in [0.15, 0.2) is 0 Å². The maximum atomic E-state index is 13.7. The number of urea groups is 1. The van der Waals surface area contributed by atoms with E-state index < -0.39 is 5.82 Å². The van der Waals surface area contributed by atoms with Crippen LogP contribution in [0.3, 0.4) is 0 Å². The molecule has 2 bridgehead atoms. The molecule has 1 aromatic carbocycles. The Morgan fingerprint density at radius 2 is 1.92 bits per heavy atom. The van der Waals surface area contributed by atoms with Crippen LogP contribution in [-0.2, 0) is 6.54 Å². The lowest BCUT2D eigenvalue weighted by molar-refractivity contribution is 0.0150. The molecule has 0 saturated carbocycles. The number of para-hydroxylation sites is 1. The molecule has 2 N–H and O–H groups in total. The molecule has 6 heteroatoms. The number of hydrogen-bond acceptors (Lipinski definition) is 3. The fourth-order valence-corrected chi connectivity index (χ4v) is 4.34. The summed E-state index contributed by atoms with van der Waals surface area (Å²) in [4.78, 5) is 14.8. The van der Waals surface area contributed by atoms with Crippen molar-refractivity contribution in [3.63, 3.8) is 0 Å². The molecular weight excluding hydrogens is 333 g/mol. The Balaban J connectivity index is 1.36. The summed E-state index contributed by atoms with van der Waals surface area (Å²) in [5.41, 5.74) is 0.209. The van der Waals surface area contributed by atoms with Crippen molar-refractivity contribution in [2.45, 2.75) is 56.8 Å². The van der Waals surface area contributed by atoms with E-state index in [0.29, 0.717) is 12.1 Å². The van der Waals surface area contributed by atoms with E-state index in [-0.39, 0.29) is 17.8 Å². The number of furan rings is 1. The van der Waals surface area contributed by atoms with Crippen molar-refractivity contribution in [2.24, 2.45) is 0 Å². The van der Waals surface area contributed by atoms with Gasteiger partial charge < -0.3 is 15.1 Å². The maximum absolute atomic E-state index is 13.7. The zero-order chi connectivity index (χ0) is 17.9. The standard InChI is InChI=1S/C20H24FN3O2/c21-18-8-1-2-9-19(18)23-20(25)22-14-11-15-5-3-6-16(12-14)24(15)13-17-7-4-10-26-17/h1-2,4,7-10,14-16H,3,5-6,11-13H2,(H2,22,23,25)/t14?,15-,16+. The number of fused-ring (bicyclic) bond motifs is 2. The van der Waals surface area contributed by atoms with E-state index in [9.17, 15) is 9.18 Å². The molecule has 2 aliphatic rings. The topological polar surface area (TPSA) is 57.5 Å². The molecule has 138 valence electrons. The number of piperidine rings is 2. The van der Waals surface area contributed by atoms with Gasteiger partial charge in [0, 0.05) is 18.1 Å². The van der Waals surface area contributed by atoms with Crippen LogP contribution < -0.4 is 10.6 Å². The Hall–Kier alpha value is -2.34. The second-order valence-corrected chi connectivity index (χ2v) is 7.24. The second kappa shape index (κ2) is 7.50. The summed E-state index contributed by atoms with van der Waals surface area (Å²) in [7, 11) is 0. The van der Waals surface area contributed by atoms with Gasteiger partial charge >= 0.3 is 6.03 Å². The molecule has 0 radical (unpaired) electrons. The minimum Gasteiger partial charge on any atom is -0.468 e. The molecule has 26 heavy (non-hydrogen) atoms. The lowest BCUT2D eigenvalue weighted by Crippen LogP contribution is -2.56. The SMILES string of the molecule is O=C(Nc1ccccc1F)NC1C[C@H]2CCC[C@@H](C1)N2Cc1ccco1. The number of amides is 2. The minimum absolute atomic E-state index is 0.116. The molecule has 1 unspecified atom stereocenters. The molecule has 4 rings (SSSR count). The van der Waals surface area contributed by atoms with Crippen LogP contribution >= 0.6 is 0 Å². The van der Waals surface area contributed by atoms with E-state index in [2.05, 4.69) is 15.5 Å². The van der Waals surface area contributed by atoms with Crippen molar-refractivity contribution in [3.8, 4) is 0 Å². The highest BCUT2D eigenvalue weighted by atomic mass is 19.1. The Morgan fingerprint density at radius 3 is 2.62 bits per heavy atom. The average Bonchev–Trinajstić information content (AvgIpc) is 3.11. The van der Waals surface area contributed by atoms with Crippen molar-refractivity contribution in [2.75, 3.05) is 5.32 Å². The predicted molar refractivity (Wildman–Crippen MR) is 97.3 cm³/mol. The van der Waals surface area contributed by atoms with Crippen molar-refractivity contribution < 1.29 is 13.6 Å². The number of anilines is 1. The summed E-state index contributed by atoms with van der Waals surface area (Å²) in [5, 5.41) is 5.65. The van der Waals surface area contributed by atoms with Crippen LogP contribution in [0.15, 0.2) is 47.1 Å². The predicted octanol–water partition coefficient (Wildman–Crippen LogP) is 4.13.